The van der Waals surface area contributed by atoms with Crippen LogP contribution in [0, 0.1) is 6.92 Å². The molecule has 1 fully saturated rings. The van der Waals surface area contributed by atoms with Gasteiger partial charge in [-0.1, -0.05) is 6.07 Å². The van der Waals surface area contributed by atoms with Crippen molar-refractivity contribution in [3.8, 4) is 5.69 Å². The highest BCUT2D eigenvalue weighted by atomic mass is 19.4. The molecule has 1 aliphatic heterocycles. The number of hydrogen-bond donors (Lipinski definition) is 0. The Bertz CT molecular complexity index is 918. The van der Waals surface area contributed by atoms with E-state index >= 15 is 0 Å². The largest absolute Gasteiger partial charge is 0.458 e. The number of halogens is 3. The molecule has 0 saturated carbocycles. The van der Waals surface area contributed by atoms with Gasteiger partial charge in [0.15, 0.2) is 0 Å². The second-order valence-corrected chi connectivity index (χ2v) is 6.55. The Morgan fingerprint density at radius 3 is 2.79 bits per heavy atom. The third-order valence-electron chi connectivity index (χ3n) is 4.39. The van der Waals surface area contributed by atoms with Crippen LogP contribution in [0.1, 0.15) is 41.0 Å². The second-order valence-electron chi connectivity index (χ2n) is 6.55. The molecule has 2 aromatic rings. The summed E-state index contributed by atoms with van der Waals surface area (Å²) in [5.41, 5.74) is -1.63. The summed E-state index contributed by atoms with van der Waals surface area (Å²) in [4.78, 5) is 24.4. The van der Waals surface area contributed by atoms with Gasteiger partial charge in [0.1, 0.15) is 6.61 Å². The molecule has 1 aromatic carbocycles. The summed E-state index contributed by atoms with van der Waals surface area (Å²) in [5, 5.41) is 3.95. The molecule has 3 rings (SSSR count). The van der Waals surface area contributed by atoms with Gasteiger partial charge in [-0.2, -0.15) is 18.3 Å². The summed E-state index contributed by atoms with van der Waals surface area (Å²) in [6, 6.07) is 5.61. The van der Waals surface area contributed by atoms with Gasteiger partial charge in [-0.05, 0) is 44.4 Å². The van der Waals surface area contributed by atoms with Crippen molar-refractivity contribution in [2.24, 2.45) is 0 Å². The SMILES string of the molecule is Cc1cc(=O)c(C(=O)OCC2CCCCO2)nn1-c1cccc(C(F)(F)F)c1. The van der Waals surface area contributed by atoms with Gasteiger partial charge in [-0.3, -0.25) is 4.79 Å². The van der Waals surface area contributed by atoms with Crippen LogP contribution in [0.15, 0.2) is 35.1 Å². The van der Waals surface area contributed by atoms with Crippen LogP contribution in [-0.2, 0) is 15.7 Å². The molecule has 9 heteroatoms. The zero-order valence-corrected chi connectivity index (χ0v) is 15.2. The van der Waals surface area contributed by atoms with Crippen molar-refractivity contribution in [2.45, 2.75) is 38.5 Å². The molecular formula is C19H19F3N2O4. The summed E-state index contributed by atoms with van der Waals surface area (Å²) in [6.45, 7) is 2.10. The fraction of sp³-hybridized carbons (Fsp3) is 0.421. The minimum Gasteiger partial charge on any atom is -0.458 e. The lowest BCUT2D eigenvalue weighted by molar-refractivity contribution is -0.137. The van der Waals surface area contributed by atoms with E-state index in [9.17, 15) is 22.8 Å². The fourth-order valence-electron chi connectivity index (χ4n) is 2.94. The molecule has 1 aromatic heterocycles. The number of carbonyl (C=O) groups excluding carboxylic acids is 1. The molecule has 6 nitrogen and oxygen atoms in total. The molecule has 0 amide bonds. The van der Waals surface area contributed by atoms with Gasteiger partial charge in [0.2, 0.25) is 11.1 Å². The van der Waals surface area contributed by atoms with Crippen molar-refractivity contribution in [3.63, 3.8) is 0 Å². The van der Waals surface area contributed by atoms with Crippen molar-refractivity contribution in [1.82, 2.24) is 9.78 Å². The summed E-state index contributed by atoms with van der Waals surface area (Å²) in [6.07, 6.45) is -2.08. The first-order valence-electron chi connectivity index (χ1n) is 8.83. The predicted octanol–water partition coefficient (Wildman–Crippen LogP) is 3.29. The van der Waals surface area contributed by atoms with Gasteiger partial charge in [-0.25, -0.2) is 9.48 Å². The molecule has 0 aliphatic carbocycles. The van der Waals surface area contributed by atoms with Crippen molar-refractivity contribution in [1.29, 1.82) is 0 Å². The third-order valence-corrected chi connectivity index (χ3v) is 4.39. The van der Waals surface area contributed by atoms with Gasteiger partial charge < -0.3 is 9.47 Å². The second kappa shape index (κ2) is 8.14. The number of rotatable bonds is 4. The number of aryl methyl sites for hydroxylation is 1. The molecule has 0 spiro atoms. The van der Waals surface area contributed by atoms with Gasteiger partial charge in [0.05, 0.1) is 17.4 Å². The summed E-state index contributed by atoms with van der Waals surface area (Å²) in [5.74, 6) is -0.931. The molecule has 0 bridgehead atoms. The molecule has 0 N–H and O–H groups in total. The Morgan fingerprint density at radius 2 is 2.11 bits per heavy atom. The van der Waals surface area contributed by atoms with Crippen LogP contribution in [0.4, 0.5) is 13.2 Å². The number of esters is 1. The molecule has 1 aliphatic rings. The van der Waals surface area contributed by atoms with Gasteiger partial charge in [0, 0.05) is 18.4 Å². The predicted molar refractivity (Wildman–Crippen MR) is 93.4 cm³/mol. The molecule has 1 unspecified atom stereocenters. The van der Waals surface area contributed by atoms with Gasteiger partial charge >= 0.3 is 12.1 Å². The van der Waals surface area contributed by atoms with Crippen molar-refractivity contribution in [3.05, 3.63) is 57.5 Å². The van der Waals surface area contributed by atoms with Crippen molar-refractivity contribution in [2.75, 3.05) is 13.2 Å². The van der Waals surface area contributed by atoms with Crippen molar-refractivity contribution < 1.29 is 27.4 Å². The van der Waals surface area contributed by atoms with Crippen molar-refractivity contribution >= 4 is 5.97 Å². The van der Waals surface area contributed by atoms with E-state index in [1.54, 1.807) is 0 Å². The number of nitrogens with zero attached hydrogens (tertiary/aromatic N) is 2. The summed E-state index contributed by atoms with van der Waals surface area (Å²) >= 11 is 0. The Morgan fingerprint density at radius 1 is 1.32 bits per heavy atom. The Labute approximate surface area is 158 Å². The Hall–Kier alpha value is -2.68. The number of benzene rings is 1. The smallest absolute Gasteiger partial charge is 0.416 e. The maximum atomic E-state index is 13.0. The van der Waals surface area contributed by atoms with E-state index in [0.29, 0.717) is 6.61 Å². The molecule has 2 heterocycles. The highest BCUT2D eigenvalue weighted by Gasteiger charge is 2.30. The lowest BCUT2D eigenvalue weighted by Crippen LogP contribution is -2.29. The van der Waals surface area contributed by atoms with Crippen LogP contribution < -0.4 is 5.43 Å². The number of carbonyl (C=O) groups is 1. The fourth-order valence-corrected chi connectivity index (χ4v) is 2.94. The number of alkyl halides is 3. The first-order chi connectivity index (χ1) is 13.3. The molecule has 0 radical (unpaired) electrons. The maximum absolute atomic E-state index is 13.0. The molecule has 150 valence electrons. The average Bonchev–Trinajstić information content (AvgIpc) is 2.66. The van der Waals surface area contributed by atoms with Gasteiger partial charge in [0.25, 0.3) is 0 Å². The first kappa shape index (κ1) is 20.1. The van der Waals surface area contributed by atoms with E-state index < -0.39 is 28.8 Å². The minimum absolute atomic E-state index is 0.00259. The third kappa shape index (κ3) is 4.59. The highest BCUT2D eigenvalue weighted by Crippen LogP contribution is 2.30. The lowest BCUT2D eigenvalue weighted by Gasteiger charge is -2.22. The zero-order chi connectivity index (χ0) is 20.3. The molecule has 1 saturated heterocycles. The topological polar surface area (TPSA) is 70.4 Å². The Kier molecular flexibility index (Phi) is 5.83. The van der Waals surface area contributed by atoms with E-state index in [-0.39, 0.29) is 24.1 Å². The molecular weight excluding hydrogens is 377 g/mol. The van der Waals surface area contributed by atoms with E-state index in [2.05, 4.69) is 5.10 Å². The summed E-state index contributed by atoms with van der Waals surface area (Å²) < 4.78 is 50.6. The van der Waals surface area contributed by atoms with E-state index in [1.165, 1.54) is 19.1 Å². The van der Waals surface area contributed by atoms with Crippen LogP contribution >= 0.6 is 0 Å². The minimum atomic E-state index is -4.52. The first-order valence-corrected chi connectivity index (χ1v) is 8.83. The highest BCUT2D eigenvalue weighted by molar-refractivity contribution is 5.87. The average molecular weight is 396 g/mol. The van der Waals surface area contributed by atoms with Crippen LogP contribution in [0.5, 0.6) is 0 Å². The normalized spacial score (nSPS) is 17.4. The standard InChI is InChI=1S/C19H19F3N2O4/c1-12-9-16(25)17(18(26)28-11-15-7-2-3-8-27-15)23-24(12)14-6-4-5-13(10-14)19(20,21)22/h4-6,9-10,15H,2-3,7-8,11H2,1H3. The van der Waals surface area contributed by atoms with Crippen LogP contribution in [0.25, 0.3) is 5.69 Å². The number of aromatic nitrogens is 2. The summed E-state index contributed by atoms with van der Waals surface area (Å²) in [7, 11) is 0. The lowest BCUT2D eigenvalue weighted by atomic mass is 10.1. The van der Waals surface area contributed by atoms with Crippen LogP contribution in [0.3, 0.4) is 0 Å². The quantitative estimate of drug-likeness (QED) is 0.742. The molecule has 1 atom stereocenters. The maximum Gasteiger partial charge on any atom is 0.416 e. The van der Waals surface area contributed by atoms with Gasteiger partial charge in [-0.15, -0.1) is 0 Å². The van der Waals surface area contributed by atoms with Crippen LogP contribution in [-0.4, -0.2) is 35.1 Å². The number of ether oxygens (including phenoxy) is 2. The molecule has 28 heavy (non-hydrogen) atoms. The van der Waals surface area contributed by atoms with E-state index in [0.717, 1.165) is 42.1 Å². The number of hydrogen-bond acceptors (Lipinski definition) is 5. The zero-order valence-electron chi connectivity index (χ0n) is 15.2. The Balaban J connectivity index is 1.86. The van der Waals surface area contributed by atoms with E-state index in [1.807, 2.05) is 0 Å². The monoisotopic (exact) mass is 396 g/mol. The van der Waals surface area contributed by atoms with E-state index in [4.69, 9.17) is 9.47 Å². The van der Waals surface area contributed by atoms with Crippen LogP contribution in [0.2, 0.25) is 0 Å².